The summed E-state index contributed by atoms with van der Waals surface area (Å²) in [6.45, 7) is 4.46. The van der Waals surface area contributed by atoms with Gasteiger partial charge in [0.05, 0.1) is 6.10 Å². The zero-order chi connectivity index (χ0) is 16.9. The molecule has 124 valence electrons. The maximum absolute atomic E-state index is 10.3. The van der Waals surface area contributed by atoms with E-state index in [1.54, 1.807) is 0 Å². The molecule has 2 atom stereocenters. The fourth-order valence-electron chi connectivity index (χ4n) is 3.45. The van der Waals surface area contributed by atoms with Crippen molar-refractivity contribution in [3.8, 4) is 0 Å². The van der Waals surface area contributed by atoms with E-state index in [9.17, 15) is 5.11 Å². The lowest BCUT2D eigenvalue weighted by Gasteiger charge is -2.17. The summed E-state index contributed by atoms with van der Waals surface area (Å²) in [5, 5.41) is 13.1. The van der Waals surface area contributed by atoms with Crippen molar-refractivity contribution >= 4 is 10.8 Å². The SMILES string of the molecule is Cc1ccc(CC(C)CCC(O)c2ccccc2)c2ccccc12. The zero-order valence-corrected chi connectivity index (χ0v) is 14.6. The van der Waals surface area contributed by atoms with E-state index in [2.05, 4.69) is 50.2 Å². The standard InChI is InChI=1S/C23H26O/c1-17(12-15-23(24)19-8-4-3-5-9-19)16-20-14-13-18(2)21-10-6-7-11-22(20)21/h3-11,13-14,17,23-24H,12,15-16H2,1-2H3. The molecule has 3 aromatic rings. The van der Waals surface area contributed by atoms with Gasteiger partial charge < -0.3 is 5.11 Å². The summed E-state index contributed by atoms with van der Waals surface area (Å²) in [5.74, 6) is 0.550. The molecule has 0 saturated carbocycles. The number of aliphatic hydroxyl groups excluding tert-OH is 1. The van der Waals surface area contributed by atoms with Gasteiger partial charge in [-0.25, -0.2) is 0 Å². The van der Waals surface area contributed by atoms with Crippen molar-refractivity contribution in [1.82, 2.24) is 0 Å². The highest BCUT2D eigenvalue weighted by molar-refractivity contribution is 5.88. The minimum atomic E-state index is -0.358. The summed E-state index contributed by atoms with van der Waals surface area (Å²) < 4.78 is 0. The fourth-order valence-corrected chi connectivity index (χ4v) is 3.45. The van der Waals surface area contributed by atoms with Crippen LogP contribution in [0.4, 0.5) is 0 Å². The molecule has 24 heavy (non-hydrogen) atoms. The molecule has 2 unspecified atom stereocenters. The van der Waals surface area contributed by atoms with E-state index in [1.165, 1.54) is 21.9 Å². The van der Waals surface area contributed by atoms with Gasteiger partial charge in [0.25, 0.3) is 0 Å². The van der Waals surface area contributed by atoms with E-state index in [0.717, 1.165) is 24.8 Å². The predicted molar refractivity (Wildman–Crippen MR) is 102 cm³/mol. The second-order valence-electron chi connectivity index (χ2n) is 6.90. The predicted octanol–water partition coefficient (Wildman–Crippen LogP) is 5.84. The highest BCUT2D eigenvalue weighted by Crippen LogP contribution is 2.27. The maximum atomic E-state index is 10.3. The Balaban J connectivity index is 1.65. The first kappa shape index (κ1) is 16.7. The highest BCUT2D eigenvalue weighted by atomic mass is 16.3. The Hall–Kier alpha value is -2.12. The van der Waals surface area contributed by atoms with Gasteiger partial charge in [0.1, 0.15) is 0 Å². The van der Waals surface area contributed by atoms with Gasteiger partial charge in [0.2, 0.25) is 0 Å². The van der Waals surface area contributed by atoms with Crippen LogP contribution in [0.15, 0.2) is 66.7 Å². The largest absolute Gasteiger partial charge is 0.388 e. The molecule has 3 aromatic carbocycles. The van der Waals surface area contributed by atoms with Crippen LogP contribution >= 0.6 is 0 Å². The number of fused-ring (bicyclic) bond motifs is 1. The number of hydrogen-bond donors (Lipinski definition) is 1. The molecule has 0 amide bonds. The minimum absolute atomic E-state index is 0.358. The molecule has 0 aromatic heterocycles. The molecule has 0 spiro atoms. The number of benzene rings is 3. The quantitative estimate of drug-likeness (QED) is 0.605. The lowest BCUT2D eigenvalue weighted by atomic mass is 9.90. The van der Waals surface area contributed by atoms with E-state index in [1.807, 2.05) is 30.3 Å². The minimum Gasteiger partial charge on any atom is -0.388 e. The van der Waals surface area contributed by atoms with Crippen molar-refractivity contribution in [2.75, 3.05) is 0 Å². The van der Waals surface area contributed by atoms with Crippen LogP contribution in [0.1, 0.15) is 42.6 Å². The second-order valence-corrected chi connectivity index (χ2v) is 6.90. The highest BCUT2D eigenvalue weighted by Gasteiger charge is 2.12. The van der Waals surface area contributed by atoms with Crippen molar-refractivity contribution < 1.29 is 5.11 Å². The van der Waals surface area contributed by atoms with Crippen molar-refractivity contribution in [1.29, 1.82) is 0 Å². The van der Waals surface area contributed by atoms with Crippen molar-refractivity contribution in [3.05, 3.63) is 83.4 Å². The first-order chi connectivity index (χ1) is 11.6. The lowest BCUT2D eigenvalue weighted by molar-refractivity contribution is 0.158. The van der Waals surface area contributed by atoms with Gasteiger partial charge in [0.15, 0.2) is 0 Å². The van der Waals surface area contributed by atoms with Crippen LogP contribution in [0.5, 0.6) is 0 Å². The molecule has 0 aliphatic heterocycles. The summed E-state index contributed by atoms with van der Waals surface area (Å²) in [4.78, 5) is 0. The Bertz CT molecular complexity index is 791. The number of hydrogen-bond acceptors (Lipinski definition) is 1. The fraction of sp³-hybridized carbons (Fsp3) is 0.304. The van der Waals surface area contributed by atoms with Crippen molar-refractivity contribution in [3.63, 3.8) is 0 Å². The van der Waals surface area contributed by atoms with Gasteiger partial charge in [-0.05, 0) is 59.6 Å². The van der Waals surface area contributed by atoms with Crippen LogP contribution in [0.25, 0.3) is 10.8 Å². The molecule has 0 radical (unpaired) electrons. The third kappa shape index (κ3) is 3.85. The van der Waals surface area contributed by atoms with Crippen molar-refractivity contribution in [2.45, 2.75) is 39.2 Å². The molecule has 0 bridgehead atoms. The molecule has 1 heteroatoms. The molecular weight excluding hydrogens is 292 g/mol. The molecule has 3 rings (SSSR count). The first-order valence-electron chi connectivity index (χ1n) is 8.85. The monoisotopic (exact) mass is 318 g/mol. The van der Waals surface area contributed by atoms with Gasteiger partial charge in [0, 0.05) is 0 Å². The topological polar surface area (TPSA) is 20.2 Å². The van der Waals surface area contributed by atoms with Crippen LogP contribution in [-0.4, -0.2) is 5.11 Å². The van der Waals surface area contributed by atoms with Crippen LogP contribution in [0.3, 0.4) is 0 Å². The summed E-state index contributed by atoms with van der Waals surface area (Å²) in [5.41, 5.74) is 3.77. The molecule has 0 aliphatic rings. The van der Waals surface area contributed by atoms with Gasteiger partial charge in [-0.15, -0.1) is 0 Å². The Morgan fingerprint density at radius 2 is 1.46 bits per heavy atom. The van der Waals surface area contributed by atoms with Gasteiger partial charge in [-0.3, -0.25) is 0 Å². The van der Waals surface area contributed by atoms with Crippen LogP contribution in [0.2, 0.25) is 0 Å². The Labute approximate surface area is 145 Å². The average Bonchev–Trinajstić information content (AvgIpc) is 2.63. The number of rotatable bonds is 6. The summed E-state index contributed by atoms with van der Waals surface area (Å²) in [7, 11) is 0. The third-order valence-electron chi connectivity index (χ3n) is 4.92. The summed E-state index contributed by atoms with van der Waals surface area (Å²) in [6.07, 6.45) is 2.54. The van der Waals surface area contributed by atoms with Crippen LogP contribution in [0, 0.1) is 12.8 Å². The molecular formula is C23H26O. The van der Waals surface area contributed by atoms with Crippen molar-refractivity contribution in [2.24, 2.45) is 5.92 Å². The van der Waals surface area contributed by atoms with Gasteiger partial charge >= 0.3 is 0 Å². The van der Waals surface area contributed by atoms with Crippen LogP contribution in [-0.2, 0) is 6.42 Å². The van der Waals surface area contributed by atoms with E-state index < -0.39 is 0 Å². The Morgan fingerprint density at radius 1 is 0.792 bits per heavy atom. The summed E-state index contributed by atoms with van der Waals surface area (Å²) >= 11 is 0. The average molecular weight is 318 g/mol. The normalized spacial score (nSPS) is 13.8. The molecule has 0 aliphatic carbocycles. The van der Waals surface area contributed by atoms with E-state index in [0.29, 0.717) is 5.92 Å². The Morgan fingerprint density at radius 3 is 2.21 bits per heavy atom. The van der Waals surface area contributed by atoms with E-state index in [-0.39, 0.29) is 6.10 Å². The molecule has 0 saturated heterocycles. The van der Waals surface area contributed by atoms with Gasteiger partial charge in [-0.2, -0.15) is 0 Å². The van der Waals surface area contributed by atoms with E-state index >= 15 is 0 Å². The summed E-state index contributed by atoms with van der Waals surface area (Å²) in [6, 6.07) is 23.1. The zero-order valence-electron chi connectivity index (χ0n) is 14.6. The van der Waals surface area contributed by atoms with E-state index in [4.69, 9.17) is 0 Å². The maximum Gasteiger partial charge on any atom is 0.0790 e. The second kappa shape index (κ2) is 7.63. The van der Waals surface area contributed by atoms with Gasteiger partial charge in [-0.1, -0.05) is 73.7 Å². The smallest absolute Gasteiger partial charge is 0.0790 e. The molecule has 1 N–H and O–H groups in total. The number of aryl methyl sites for hydroxylation is 1. The third-order valence-corrected chi connectivity index (χ3v) is 4.92. The molecule has 1 nitrogen and oxygen atoms in total. The Kier molecular flexibility index (Phi) is 5.32. The number of aliphatic hydroxyl groups is 1. The van der Waals surface area contributed by atoms with Crippen LogP contribution < -0.4 is 0 Å². The first-order valence-corrected chi connectivity index (χ1v) is 8.85. The molecule has 0 fully saturated rings. The lowest BCUT2D eigenvalue weighted by Crippen LogP contribution is -2.05. The molecule has 0 heterocycles.